The van der Waals surface area contributed by atoms with E-state index in [4.69, 9.17) is 0 Å². The van der Waals surface area contributed by atoms with Crippen molar-refractivity contribution in [2.24, 2.45) is 0 Å². The van der Waals surface area contributed by atoms with Gasteiger partial charge in [-0.3, -0.25) is 9.59 Å². The lowest BCUT2D eigenvalue weighted by atomic mass is 9.84. The van der Waals surface area contributed by atoms with Gasteiger partial charge in [-0.05, 0) is 56.9 Å². The number of nitrogens with zero attached hydrogens (tertiary/aromatic N) is 8. The Balaban J connectivity index is 0.770. The Morgan fingerprint density at radius 1 is 0.453 bits per heavy atom. The topological polar surface area (TPSA) is 183 Å². The van der Waals surface area contributed by atoms with Crippen LogP contribution < -0.4 is 9.80 Å². The van der Waals surface area contributed by atoms with Gasteiger partial charge in [-0.1, -0.05) is 132 Å². The highest BCUT2D eigenvalue weighted by atomic mass is 16.3. The van der Waals surface area contributed by atoms with Crippen LogP contribution in [0.5, 0.6) is 11.5 Å². The van der Waals surface area contributed by atoms with E-state index in [0.29, 0.717) is 57.8 Å². The molecule has 2 unspecified atom stereocenters. The molecule has 14 nitrogen and oxygen atoms in total. The molecular weight excluding hydrogens is 809 g/mol. The van der Waals surface area contributed by atoms with E-state index in [1.165, 1.54) is 21.9 Å². The number of aromatic nitrogens is 6. The molecule has 0 fully saturated rings. The summed E-state index contributed by atoms with van der Waals surface area (Å²) >= 11 is 0. The number of hydrogen-bond acceptors (Lipinski definition) is 10. The molecule has 14 heteroatoms. The third-order valence-electron chi connectivity index (χ3n) is 12.3. The van der Waals surface area contributed by atoms with Gasteiger partial charge in [0.05, 0.1) is 49.9 Å². The lowest BCUT2D eigenvalue weighted by Gasteiger charge is -2.25. The minimum absolute atomic E-state index is 0.0512. The fraction of sp³-hybridized carbons (Fsp3) is 0.120. The Hall–Kier alpha value is -8.20. The first kappa shape index (κ1) is 38.7. The maximum atomic E-state index is 14.3. The minimum Gasteiger partial charge on any atom is -0.508 e. The van der Waals surface area contributed by atoms with Gasteiger partial charge in [0.1, 0.15) is 22.9 Å². The zero-order chi connectivity index (χ0) is 43.7. The fourth-order valence-electron chi connectivity index (χ4n) is 9.37. The number of aromatic hydroxyl groups is 2. The molecule has 7 aromatic carbocycles. The van der Waals surface area contributed by atoms with Crippen LogP contribution in [0.4, 0.5) is 11.4 Å². The molecular formula is C50H38N8O6. The summed E-state index contributed by atoms with van der Waals surface area (Å²) in [5.74, 6) is -1.53. The summed E-state index contributed by atoms with van der Waals surface area (Å²) in [5.41, 5.74) is 0.778. The summed E-state index contributed by atoms with van der Waals surface area (Å²) in [6, 6.07) is 43.1. The van der Waals surface area contributed by atoms with Gasteiger partial charge in [-0.15, -0.1) is 10.2 Å². The first-order valence-corrected chi connectivity index (χ1v) is 20.7. The first-order valence-electron chi connectivity index (χ1n) is 20.7. The average Bonchev–Trinajstić information content (AvgIpc) is 4.06. The molecule has 2 aromatic heterocycles. The van der Waals surface area contributed by atoms with Crippen LogP contribution in [0.1, 0.15) is 44.8 Å². The number of benzene rings is 7. The summed E-state index contributed by atoms with van der Waals surface area (Å²) < 4.78 is 3.37. The molecule has 0 saturated carbocycles. The van der Waals surface area contributed by atoms with Crippen LogP contribution in [-0.4, -0.2) is 62.2 Å². The second-order valence-electron chi connectivity index (χ2n) is 16.2. The van der Waals surface area contributed by atoms with Gasteiger partial charge in [0.25, 0.3) is 11.8 Å². The molecule has 314 valence electrons. The third-order valence-corrected chi connectivity index (χ3v) is 12.3. The van der Waals surface area contributed by atoms with E-state index in [2.05, 4.69) is 20.6 Å². The summed E-state index contributed by atoms with van der Waals surface area (Å²) in [6.45, 7) is 0.923. The van der Waals surface area contributed by atoms with Gasteiger partial charge in [-0.2, -0.15) is 0 Å². The number of para-hydroxylation sites is 2. The second-order valence-corrected chi connectivity index (χ2v) is 16.2. The van der Waals surface area contributed by atoms with Gasteiger partial charge in [-0.25, -0.2) is 9.36 Å². The maximum Gasteiger partial charge on any atom is 0.269 e. The van der Waals surface area contributed by atoms with E-state index in [0.717, 1.165) is 21.9 Å². The molecule has 0 spiro atoms. The number of anilines is 2. The van der Waals surface area contributed by atoms with Crippen LogP contribution in [0.25, 0.3) is 21.5 Å². The molecule has 0 aliphatic carbocycles. The van der Waals surface area contributed by atoms with E-state index in [-0.39, 0.29) is 35.7 Å². The van der Waals surface area contributed by atoms with Crippen LogP contribution >= 0.6 is 0 Å². The molecule has 0 radical (unpaired) electrons. The Labute approximate surface area is 365 Å². The molecule has 0 saturated heterocycles. The zero-order valence-corrected chi connectivity index (χ0v) is 34.0. The molecule has 2 amide bonds. The fourth-order valence-corrected chi connectivity index (χ4v) is 9.37. The number of amides is 2. The van der Waals surface area contributed by atoms with Crippen molar-refractivity contribution in [3.05, 3.63) is 203 Å². The highest BCUT2D eigenvalue weighted by Crippen LogP contribution is 2.51. The van der Waals surface area contributed by atoms with Gasteiger partial charge in [0.2, 0.25) is 11.2 Å². The van der Waals surface area contributed by atoms with E-state index < -0.39 is 23.0 Å². The van der Waals surface area contributed by atoms with Crippen molar-refractivity contribution >= 4 is 44.7 Å². The first-order chi connectivity index (χ1) is 31.1. The number of aliphatic hydroxyl groups is 2. The number of carbonyl (C=O) groups excluding carboxylic acids is 2. The van der Waals surface area contributed by atoms with Gasteiger partial charge in [0.15, 0.2) is 0 Å². The number of hydrogen-bond donors (Lipinski definition) is 4. The maximum absolute atomic E-state index is 14.3. The lowest BCUT2D eigenvalue weighted by molar-refractivity contribution is -0.132. The zero-order valence-electron chi connectivity index (χ0n) is 34.0. The molecule has 4 heterocycles. The van der Waals surface area contributed by atoms with Crippen LogP contribution in [0, 0.1) is 0 Å². The molecule has 0 bridgehead atoms. The van der Waals surface area contributed by atoms with Gasteiger partial charge < -0.3 is 30.2 Å². The van der Waals surface area contributed by atoms with Crippen molar-refractivity contribution in [2.45, 2.75) is 37.4 Å². The Bertz CT molecular complexity index is 3110. The van der Waals surface area contributed by atoms with Crippen LogP contribution in [0.2, 0.25) is 0 Å². The third kappa shape index (κ3) is 6.02. The summed E-state index contributed by atoms with van der Waals surface area (Å²) in [7, 11) is 0. The minimum atomic E-state index is -2.12. The molecule has 2 aliphatic rings. The summed E-state index contributed by atoms with van der Waals surface area (Å²) in [6.07, 6.45) is 3.53. The lowest BCUT2D eigenvalue weighted by Crippen LogP contribution is -2.41. The summed E-state index contributed by atoms with van der Waals surface area (Å²) in [5, 5.41) is 66.8. The largest absolute Gasteiger partial charge is 0.508 e. The Morgan fingerprint density at radius 3 is 1.28 bits per heavy atom. The number of phenols is 2. The van der Waals surface area contributed by atoms with Crippen molar-refractivity contribution in [2.75, 3.05) is 9.80 Å². The predicted molar refractivity (Wildman–Crippen MR) is 237 cm³/mol. The highest BCUT2D eigenvalue weighted by Gasteiger charge is 2.54. The number of carbonyl (C=O) groups is 2. The standard InChI is InChI=1S/C50H38N8O6/c59-43-23-21-33-9-1-3-11-37(33)45(43)49(63)39-13-5-7-15-41(39)57(47(49)61)29-35-27-55(53-51-35)25-31-17-19-32(20-18-31)26-56-28-36(52-54-56)30-58-42-16-8-6-14-40(42)50(64,48(58)62)46-38-12-4-2-10-34(38)22-24-44(46)60/h1-24,27-28,59-60,63-64H,25-26,29-30H2. The molecule has 4 N–H and O–H groups in total. The number of fused-ring (bicyclic) bond motifs is 4. The van der Waals surface area contributed by atoms with Crippen LogP contribution in [0.3, 0.4) is 0 Å². The SMILES string of the molecule is O=C1N(Cc2cn(Cc3ccc(Cn4cc(CN5C(=O)C(O)(c6c(O)ccc7ccccc67)c6ccccc65)nn4)cc3)nn2)c2ccccc2C1(O)c1c(O)ccc2ccccc12. The number of rotatable bonds is 10. The van der Waals surface area contributed by atoms with Crippen LogP contribution in [0.15, 0.2) is 158 Å². The van der Waals surface area contributed by atoms with Crippen LogP contribution in [-0.2, 0) is 47.0 Å². The monoisotopic (exact) mass is 846 g/mol. The molecule has 2 atom stereocenters. The molecule has 64 heavy (non-hydrogen) atoms. The van der Waals surface area contributed by atoms with Crippen molar-refractivity contribution < 1.29 is 30.0 Å². The van der Waals surface area contributed by atoms with E-state index in [1.807, 2.05) is 48.5 Å². The van der Waals surface area contributed by atoms with Crippen molar-refractivity contribution in [3.63, 3.8) is 0 Å². The second kappa shape index (κ2) is 14.7. The van der Waals surface area contributed by atoms with E-state index in [9.17, 15) is 30.0 Å². The normalized spacial score (nSPS) is 18.0. The highest BCUT2D eigenvalue weighted by molar-refractivity contribution is 6.13. The average molecular weight is 847 g/mol. The summed E-state index contributed by atoms with van der Waals surface area (Å²) in [4.78, 5) is 31.5. The van der Waals surface area contributed by atoms with Crippen molar-refractivity contribution in [3.8, 4) is 11.5 Å². The molecule has 11 rings (SSSR count). The van der Waals surface area contributed by atoms with Gasteiger partial charge >= 0.3 is 0 Å². The molecule has 9 aromatic rings. The van der Waals surface area contributed by atoms with Gasteiger partial charge in [0, 0.05) is 22.3 Å². The number of phenolic OH excluding ortho intramolecular Hbond substituents is 2. The van der Waals surface area contributed by atoms with Crippen molar-refractivity contribution in [1.82, 2.24) is 30.0 Å². The molecule has 2 aliphatic heterocycles. The quantitative estimate of drug-likeness (QED) is 0.123. The predicted octanol–water partition coefficient (Wildman–Crippen LogP) is 6.25. The Kier molecular flexibility index (Phi) is 8.90. The van der Waals surface area contributed by atoms with E-state index in [1.54, 1.807) is 107 Å². The Morgan fingerprint density at radius 2 is 0.844 bits per heavy atom. The smallest absolute Gasteiger partial charge is 0.269 e. The van der Waals surface area contributed by atoms with Crippen molar-refractivity contribution in [1.29, 1.82) is 0 Å². The van der Waals surface area contributed by atoms with E-state index >= 15 is 0 Å².